The number of anilines is 1. The lowest BCUT2D eigenvalue weighted by atomic mass is 10.1. The fourth-order valence-corrected chi connectivity index (χ4v) is 4.45. The summed E-state index contributed by atoms with van der Waals surface area (Å²) in [6, 6.07) is 14.7. The second-order valence-corrected chi connectivity index (χ2v) is 8.98. The minimum atomic E-state index is -0.275. The van der Waals surface area contributed by atoms with Gasteiger partial charge < -0.3 is 14.7 Å². The molecular formula is C24H22ClN3O3S. The van der Waals surface area contributed by atoms with Gasteiger partial charge in [0.25, 0.3) is 0 Å². The Morgan fingerprint density at radius 3 is 2.56 bits per heavy atom. The van der Waals surface area contributed by atoms with Gasteiger partial charge in [-0.15, -0.1) is 11.3 Å². The lowest BCUT2D eigenvalue weighted by Crippen LogP contribution is -2.26. The lowest BCUT2D eigenvalue weighted by molar-refractivity contribution is -0.146. The quantitative estimate of drug-likeness (QED) is 0.452. The highest BCUT2D eigenvalue weighted by atomic mass is 35.5. The highest BCUT2D eigenvalue weighted by molar-refractivity contribution is 7.11. The number of aromatic nitrogens is 1. The van der Waals surface area contributed by atoms with E-state index in [1.807, 2.05) is 55.6 Å². The van der Waals surface area contributed by atoms with Crippen LogP contribution < -0.4 is 4.90 Å². The zero-order valence-electron chi connectivity index (χ0n) is 17.6. The van der Waals surface area contributed by atoms with E-state index in [1.54, 1.807) is 17.0 Å². The fourth-order valence-electron chi connectivity index (χ4n) is 3.43. The number of ether oxygens (including phenoxy) is 1. The van der Waals surface area contributed by atoms with Crippen LogP contribution in [0.15, 0.2) is 59.7 Å². The number of carbonyl (C=O) groups is 1. The number of carbonyl (C=O) groups excluding carboxylic acids is 1. The zero-order valence-corrected chi connectivity index (χ0v) is 19.2. The average Bonchev–Trinajstić information content (AvgIpc) is 3.33. The van der Waals surface area contributed by atoms with Crippen LogP contribution in [0.25, 0.3) is 16.8 Å². The summed E-state index contributed by atoms with van der Waals surface area (Å²) in [6.07, 6.45) is 0.0439. The SMILES string of the molecule is CC(C)OC(=O)Cc1ccc(N2CC(O)=C(c3nc(-c4ccc(Cl)cc4)cs3)C2=N)cc1. The molecule has 8 heteroatoms. The molecule has 2 aromatic carbocycles. The minimum absolute atomic E-state index is 0.108. The molecule has 0 aliphatic carbocycles. The summed E-state index contributed by atoms with van der Waals surface area (Å²) in [4.78, 5) is 18.2. The first-order chi connectivity index (χ1) is 15.3. The first kappa shape index (κ1) is 22.0. The second-order valence-electron chi connectivity index (χ2n) is 7.68. The Morgan fingerprint density at radius 1 is 1.22 bits per heavy atom. The molecule has 3 aromatic rings. The standard InChI is InChI=1S/C24H22ClN3O3S/c1-14(2)31-21(30)11-15-3-9-18(10-4-15)28-12-20(29)22(23(28)26)24-27-19(13-32-24)16-5-7-17(25)8-6-16/h3-10,13-14,26,29H,11-12H2,1-2H3. The maximum atomic E-state index is 11.9. The van der Waals surface area contributed by atoms with Gasteiger partial charge in [0.2, 0.25) is 0 Å². The molecule has 0 amide bonds. The van der Waals surface area contributed by atoms with Crippen molar-refractivity contribution in [2.45, 2.75) is 26.4 Å². The van der Waals surface area contributed by atoms with Gasteiger partial charge in [-0.3, -0.25) is 10.2 Å². The monoisotopic (exact) mass is 467 g/mol. The third-order valence-corrected chi connectivity index (χ3v) is 6.04. The summed E-state index contributed by atoms with van der Waals surface area (Å²) in [5, 5.41) is 22.4. The minimum Gasteiger partial charge on any atom is -0.510 e. The van der Waals surface area contributed by atoms with Crippen molar-refractivity contribution in [3.63, 3.8) is 0 Å². The van der Waals surface area contributed by atoms with Crippen molar-refractivity contribution in [1.29, 1.82) is 5.41 Å². The van der Waals surface area contributed by atoms with Crippen molar-refractivity contribution in [3.8, 4) is 11.3 Å². The molecule has 1 aliphatic rings. The van der Waals surface area contributed by atoms with Gasteiger partial charge in [-0.1, -0.05) is 35.9 Å². The van der Waals surface area contributed by atoms with E-state index in [2.05, 4.69) is 4.98 Å². The molecule has 0 fully saturated rings. The van der Waals surface area contributed by atoms with Crippen molar-refractivity contribution in [2.75, 3.05) is 11.4 Å². The Kier molecular flexibility index (Phi) is 6.30. The topological polar surface area (TPSA) is 86.5 Å². The van der Waals surface area contributed by atoms with E-state index in [4.69, 9.17) is 21.7 Å². The Labute approximate surface area is 195 Å². The van der Waals surface area contributed by atoms with Crippen LogP contribution in [0.5, 0.6) is 0 Å². The van der Waals surface area contributed by atoms with Gasteiger partial charge in [0.1, 0.15) is 16.6 Å². The van der Waals surface area contributed by atoms with E-state index >= 15 is 0 Å². The van der Waals surface area contributed by atoms with Crippen LogP contribution in [0, 0.1) is 5.41 Å². The molecule has 0 unspecified atom stereocenters. The largest absolute Gasteiger partial charge is 0.510 e. The third-order valence-electron chi connectivity index (χ3n) is 4.92. The Balaban J connectivity index is 1.49. The molecule has 6 nitrogen and oxygen atoms in total. The summed E-state index contributed by atoms with van der Waals surface area (Å²) in [5.74, 6) is 0.0200. The first-order valence-electron chi connectivity index (χ1n) is 10.1. The number of thiazole rings is 1. The summed E-state index contributed by atoms with van der Waals surface area (Å²) in [5.41, 5.74) is 3.71. The second kappa shape index (κ2) is 9.14. The molecule has 0 saturated heterocycles. The molecule has 4 rings (SSSR count). The fraction of sp³-hybridized carbons (Fsp3) is 0.208. The van der Waals surface area contributed by atoms with Gasteiger partial charge in [-0.05, 0) is 43.7 Å². The number of benzene rings is 2. The maximum Gasteiger partial charge on any atom is 0.310 e. The Hall–Kier alpha value is -3.16. The maximum absolute atomic E-state index is 11.9. The molecule has 0 bridgehead atoms. The van der Waals surface area contributed by atoms with E-state index in [0.29, 0.717) is 15.6 Å². The van der Waals surface area contributed by atoms with Crippen molar-refractivity contribution in [3.05, 3.63) is 75.3 Å². The lowest BCUT2D eigenvalue weighted by Gasteiger charge is -2.19. The molecule has 1 aromatic heterocycles. The summed E-state index contributed by atoms with van der Waals surface area (Å²) >= 11 is 7.34. The molecule has 32 heavy (non-hydrogen) atoms. The highest BCUT2D eigenvalue weighted by Gasteiger charge is 2.31. The van der Waals surface area contributed by atoms with Crippen LogP contribution in [-0.2, 0) is 16.0 Å². The number of aliphatic hydroxyl groups is 1. The Bertz CT molecular complexity index is 1180. The Morgan fingerprint density at radius 2 is 1.91 bits per heavy atom. The predicted molar refractivity (Wildman–Crippen MR) is 129 cm³/mol. The van der Waals surface area contributed by atoms with Gasteiger partial charge in [0.15, 0.2) is 0 Å². The zero-order chi connectivity index (χ0) is 22.8. The van der Waals surface area contributed by atoms with E-state index in [-0.39, 0.29) is 36.6 Å². The van der Waals surface area contributed by atoms with Crippen LogP contribution in [0.3, 0.4) is 0 Å². The third kappa shape index (κ3) is 4.69. The van der Waals surface area contributed by atoms with Crippen molar-refractivity contribution in [2.24, 2.45) is 0 Å². The van der Waals surface area contributed by atoms with Gasteiger partial charge in [0, 0.05) is 21.7 Å². The smallest absolute Gasteiger partial charge is 0.310 e. The van der Waals surface area contributed by atoms with Gasteiger partial charge in [-0.2, -0.15) is 0 Å². The number of hydrogen-bond acceptors (Lipinski definition) is 6. The van der Waals surface area contributed by atoms with E-state index in [1.165, 1.54) is 11.3 Å². The number of hydrogen-bond donors (Lipinski definition) is 2. The normalized spacial score (nSPS) is 13.9. The van der Waals surface area contributed by atoms with Gasteiger partial charge >= 0.3 is 5.97 Å². The summed E-state index contributed by atoms with van der Waals surface area (Å²) < 4.78 is 5.18. The molecule has 0 atom stereocenters. The van der Waals surface area contributed by atoms with Crippen LogP contribution in [0.1, 0.15) is 24.4 Å². The van der Waals surface area contributed by atoms with Crippen molar-refractivity contribution in [1.82, 2.24) is 4.98 Å². The van der Waals surface area contributed by atoms with Crippen LogP contribution in [0.4, 0.5) is 5.69 Å². The molecule has 0 spiro atoms. The van der Waals surface area contributed by atoms with E-state index in [9.17, 15) is 9.90 Å². The summed E-state index contributed by atoms with van der Waals surface area (Å²) in [7, 11) is 0. The number of aliphatic hydroxyl groups excluding tert-OH is 1. The highest BCUT2D eigenvalue weighted by Crippen LogP contribution is 2.34. The molecule has 0 saturated carbocycles. The number of halogens is 1. The first-order valence-corrected chi connectivity index (χ1v) is 11.4. The molecular weight excluding hydrogens is 446 g/mol. The molecule has 0 radical (unpaired) electrons. The number of amidine groups is 1. The molecule has 164 valence electrons. The van der Waals surface area contributed by atoms with Crippen LogP contribution in [-0.4, -0.2) is 34.5 Å². The van der Waals surface area contributed by atoms with Crippen LogP contribution >= 0.6 is 22.9 Å². The number of nitrogens with zero attached hydrogens (tertiary/aromatic N) is 2. The summed E-state index contributed by atoms with van der Waals surface area (Å²) in [6.45, 7) is 3.83. The number of esters is 1. The molecule has 2 N–H and O–H groups in total. The number of nitrogens with one attached hydrogen (secondary N) is 1. The molecule has 1 aliphatic heterocycles. The van der Waals surface area contributed by atoms with E-state index in [0.717, 1.165) is 22.5 Å². The van der Waals surface area contributed by atoms with Crippen molar-refractivity contribution >= 4 is 46.0 Å². The van der Waals surface area contributed by atoms with Gasteiger partial charge in [0.05, 0.1) is 30.3 Å². The number of rotatable bonds is 6. The predicted octanol–water partition coefficient (Wildman–Crippen LogP) is 5.72. The van der Waals surface area contributed by atoms with Crippen LogP contribution in [0.2, 0.25) is 5.02 Å². The van der Waals surface area contributed by atoms with E-state index < -0.39 is 0 Å². The van der Waals surface area contributed by atoms with Gasteiger partial charge in [-0.25, -0.2) is 4.98 Å². The average molecular weight is 468 g/mol. The van der Waals surface area contributed by atoms with Crippen molar-refractivity contribution < 1.29 is 14.6 Å². The molecule has 2 heterocycles.